The molecule has 2 N–H and O–H groups in total. The van der Waals surface area contributed by atoms with Crippen LogP contribution in [0.25, 0.3) is 0 Å². The Hall–Kier alpha value is -1.95. The number of nitrogens with two attached hydrogens (primary N) is 1. The maximum atomic E-state index is 13.2. The minimum absolute atomic E-state index is 0.220. The summed E-state index contributed by atoms with van der Waals surface area (Å²) in [7, 11) is 1.77. The van der Waals surface area contributed by atoms with E-state index in [1.807, 2.05) is 6.92 Å². The Labute approximate surface area is 104 Å². The van der Waals surface area contributed by atoms with Crippen LogP contribution in [-0.2, 0) is 13.7 Å². The Balaban J connectivity index is 2.15. The van der Waals surface area contributed by atoms with Crippen LogP contribution in [0.2, 0.25) is 0 Å². The quantitative estimate of drug-likeness (QED) is 0.894. The van der Waals surface area contributed by atoms with E-state index >= 15 is 0 Å². The van der Waals surface area contributed by atoms with Crippen LogP contribution < -0.4 is 10.5 Å². The van der Waals surface area contributed by atoms with E-state index in [1.54, 1.807) is 24.0 Å². The predicted molar refractivity (Wildman–Crippen MR) is 64.3 cm³/mol. The van der Waals surface area contributed by atoms with Crippen LogP contribution in [0.4, 0.5) is 4.39 Å². The van der Waals surface area contributed by atoms with Crippen molar-refractivity contribution >= 4 is 0 Å². The van der Waals surface area contributed by atoms with Crippen molar-refractivity contribution in [1.29, 1.82) is 0 Å². The van der Waals surface area contributed by atoms with Gasteiger partial charge < -0.3 is 10.5 Å². The number of hydrogen-bond donors (Lipinski definition) is 1. The first-order valence-electron chi connectivity index (χ1n) is 5.59. The van der Waals surface area contributed by atoms with Gasteiger partial charge in [0, 0.05) is 24.7 Å². The summed E-state index contributed by atoms with van der Waals surface area (Å²) >= 11 is 0. The smallest absolute Gasteiger partial charge is 0.134 e. The lowest BCUT2D eigenvalue weighted by Crippen LogP contribution is -2.08. The molecule has 1 aromatic heterocycles. The minimum atomic E-state index is -0.353. The normalized spacial score (nSPS) is 12.4. The molecule has 6 heteroatoms. The van der Waals surface area contributed by atoms with E-state index in [4.69, 9.17) is 10.5 Å². The molecule has 0 saturated heterocycles. The van der Waals surface area contributed by atoms with Gasteiger partial charge in [0.2, 0.25) is 0 Å². The van der Waals surface area contributed by atoms with Gasteiger partial charge in [-0.1, -0.05) is 11.3 Å². The highest BCUT2D eigenvalue weighted by molar-refractivity contribution is 5.36. The molecule has 0 saturated carbocycles. The van der Waals surface area contributed by atoms with Crippen molar-refractivity contribution < 1.29 is 9.13 Å². The molecule has 0 unspecified atom stereocenters. The third kappa shape index (κ3) is 2.84. The molecular weight excluding hydrogens is 235 g/mol. The Morgan fingerprint density at radius 1 is 1.50 bits per heavy atom. The van der Waals surface area contributed by atoms with Gasteiger partial charge in [-0.25, -0.2) is 4.39 Å². The number of nitrogens with zero attached hydrogens (tertiary/aromatic N) is 3. The SMILES string of the molecule is C[C@H](N)c1ccc(F)cc1OCc1cn(C)nn1. The first-order chi connectivity index (χ1) is 8.56. The molecule has 2 rings (SSSR count). The molecule has 1 atom stereocenters. The number of aromatic nitrogens is 3. The Bertz CT molecular complexity index is 539. The summed E-state index contributed by atoms with van der Waals surface area (Å²) < 4.78 is 20.3. The summed E-state index contributed by atoms with van der Waals surface area (Å²) in [5.41, 5.74) is 7.25. The standard InChI is InChI=1S/C12H15FN4O/c1-8(14)11-4-3-9(13)5-12(11)18-7-10-6-17(2)16-15-10/h3-6,8H,7,14H2,1-2H3/t8-/m0/s1. The fourth-order valence-corrected chi connectivity index (χ4v) is 1.62. The van der Waals surface area contributed by atoms with Crippen molar-refractivity contribution in [3.63, 3.8) is 0 Å². The average molecular weight is 250 g/mol. The number of aryl methyl sites for hydroxylation is 1. The van der Waals surface area contributed by atoms with Gasteiger partial charge in [0.15, 0.2) is 0 Å². The lowest BCUT2D eigenvalue weighted by atomic mass is 10.1. The molecule has 96 valence electrons. The zero-order valence-electron chi connectivity index (χ0n) is 10.3. The predicted octanol–water partition coefficient (Wildman–Crippen LogP) is 1.55. The second-order valence-corrected chi connectivity index (χ2v) is 4.14. The molecule has 0 aliphatic heterocycles. The number of hydrogen-bond acceptors (Lipinski definition) is 4. The first kappa shape index (κ1) is 12.5. The molecular formula is C12H15FN4O. The highest BCUT2D eigenvalue weighted by atomic mass is 19.1. The lowest BCUT2D eigenvalue weighted by Gasteiger charge is -2.13. The van der Waals surface area contributed by atoms with Crippen LogP contribution in [0.5, 0.6) is 5.75 Å². The molecule has 0 aliphatic carbocycles. The molecule has 0 radical (unpaired) electrons. The van der Waals surface area contributed by atoms with E-state index in [9.17, 15) is 4.39 Å². The van der Waals surface area contributed by atoms with Crippen molar-refractivity contribution in [1.82, 2.24) is 15.0 Å². The summed E-state index contributed by atoms with van der Waals surface area (Å²) in [5, 5.41) is 7.68. The zero-order chi connectivity index (χ0) is 13.1. The van der Waals surface area contributed by atoms with Crippen molar-refractivity contribution in [2.24, 2.45) is 12.8 Å². The van der Waals surface area contributed by atoms with Gasteiger partial charge in [-0.05, 0) is 13.0 Å². The van der Waals surface area contributed by atoms with Crippen molar-refractivity contribution in [2.45, 2.75) is 19.6 Å². The lowest BCUT2D eigenvalue weighted by molar-refractivity contribution is 0.295. The number of rotatable bonds is 4. The molecule has 0 amide bonds. The van der Waals surface area contributed by atoms with E-state index < -0.39 is 0 Å². The second kappa shape index (κ2) is 5.14. The first-order valence-corrected chi connectivity index (χ1v) is 5.59. The summed E-state index contributed by atoms with van der Waals surface area (Å²) in [5.74, 6) is 0.0872. The topological polar surface area (TPSA) is 66.0 Å². The van der Waals surface area contributed by atoms with E-state index in [-0.39, 0.29) is 18.5 Å². The third-order valence-electron chi connectivity index (χ3n) is 2.49. The molecule has 1 heterocycles. The van der Waals surface area contributed by atoms with Crippen LogP contribution in [0.1, 0.15) is 24.2 Å². The molecule has 2 aromatic rings. The monoisotopic (exact) mass is 250 g/mol. The van der Waals surface area contributed by atoms with Gasteiger partial charge in [-0.2, -0.15) is 0 Å². The summed E-state index contributed by atoms with van der Waals surface area (Å²) in [6.07, 6.45) is 1.74. The zero-order valence-corrected chi connectivity index (χ0v) is 10.3. The van der Waals surface area contributed by atoms with Crippen LogP contribution in [0.3, 0.4) is 0 Å². The molecule has 0 fully saturated rings. The maximum absolute atomic E-state index is 13.2. The highest BCUT2D eigenvalue weighted by Crippen LogP contribution is 2.25. The van der Waals surface area contributed by atoms with Gasteiger partial charge in [-0.3, -0.25) is 4.68 Å². The van der Waals surface area contributed by atoms with E-state index in [0.29, 0.717) is 11.4 Å². The fraction of sp³-hybridized carbons (Fsp3) is 0.333. The number of ether oxygens (including phenoxy) is 1. The molecule has 1 aromatic carbocycles. The summed E-state index contributed by atoms with van der Waals surface area (Å²) in [6, 6.07) is 4.11. The van der Waals surface area contributed by atoms with Gasteiger partial charge in [-0.15, -0.1) is 5.10 Å². The molecule has 5 nitrogen and oxygen atoms in total. The minimum Gasteiger partial charge on any atom is -0.487 e. The Morgan fingerprint density at radius 2 is 2.28 bits per heavy atom. The van der Waals surface area contributed by atoms with Crippen LogP contribution in [0.15, 0.2) is 24.4 Å². The molecule has 0 spiro atoms. The molecule has 0 aliphatic rings. The van der Waals surface area contributed by atoms with Crippen LogP contribution >= 0.6 is 0 Å². The van der Waals surface area contributed by atoms with Gasteiger partial charge >= 0.3 is 0 Å². The van der Waals surface area contributed by atoms with Gasteiger partial charge in [0.05, 0.1) is 6.20 Å². The van der Waals surface area contributed by atoms with Crippen LogP contribution in [-0.4, -0.2) is 15.0 Å². The number of benzene rings is 1. The van der Waals surface area contributed by atoms with Crippen molar-refractivity contribution in [3.05, 3.63) is 41.5 Å². The number of halogens is 1. The van der Waals surface area contributed by atoms with Crippen molar-refractivity contribution in [2.75, 3.05) is 0 Å². The molecule has 0 bridgehead atoms. The fourth-order valence-electron chi connectivity index (χ4n) is 1.62. The summed E-state index contributed by atoms with van der Waals surface area (Å²) in [6.45, 7) is 2.05. The summed E-state index contributed by atoms with van der Waals surface area (Å²) in [4.78, 5) is 0. The highest BCUT2D eigenvalue weighted by Gasteiger charge is 2.10. The van der Waals surface area contributed by atoms with Crippen LogP contribution in [0, 0.1) is 5.82 Å². The van der Waals surface area contributed by atoms with E-state index in [0.717, 1.165) is 5.56 Å². The Morgan fingerprint density at radius 3 is 2.89 bits per heavy atom. The van der Waals surface area contributed by atoms with E-state index in [1.165, 1.54) is 12.1 Å². The van der Waals surface area contributed by atoms with Gasteiger partial charge in [0.25, 0.3) is 0 Å². The molecule has 18 heavy (non-hydrogen) atoms. The van der Waals surface area contributed by atoms with Gasteiger partial charge in [0.1, 0.15) is 23.9 Å². The maximum Gasteiger partial charge on any atom is 0.134 e. The Kier molecular flexibility index (Phi) is 3.57. The van der Waals surface area contributed by atoms with E-state index in [2.05, 4.69) is 10.3 Å². The van der Waals surface area contributed by atoms with Crippen molar-refractivity contribution in [3.8, 4) is 5.75 Å². The average Bonchev–Trinajstić information content (AvgIpc) is 2.72. The largest absolute Gasteiger partial charge is 0.487 e. The second-order valence-electron chi connectivity index (χ2n) is 4.14. The third-order valence-corrected chi connectivity index (χ3v) is 2.49.